The van der Waals surface area contributed by atoms with Crippen LogP contribution in [0.15, 0.2) is 36.4 Å². The van der Waals surface area contributed by atoms with Gasteiger partial charge in [0.25, 0.3) is 0 Å². The Labute approximate surface area is 131 Å². The van der Waals surface area contributed by atoms with E-state index in [1.807, 2.05) is 0 Å². The zero-order chi connectivity index (χ0) is 14.2. The third-order valence-electron chi connectivity index (χ3n) is 4.98. The first-order chi connectivity index (χ1) is 10.3. The maximum atomic E-state index is 6.59. The van der Waals surface area contributed by atoms with Crippen LogP contribution in [-0.2, 0) is 19.3 Å². The van der Waals surface area contributed by atoms with E-state index in [1.54, 1.807) is 11.1 Å². The molecule has 1 heterocycles. The zero-order valence-electron chi connectivity index (χ0n) is 12.2. The van der Waals surface area contributed by atoms with Gasteiger partial charge in [-0.25, -0.2) is 0 Å². The third-order valence-corrected chi connectivity index (χ3v) is 5.32. The summed E-state index contributed by atoms with van der Waals surface area (Å²) in [5.74, 6) is 0.534. The van der Waals surface area contributed by atoms with Crippen molar-refractivity contribution in [2.24, 2.45) is 0 Å². The van der Waals surface area contributed by atoms with Crippen molar-refractivity contribution in [3.8, 4) is 0 Å². The normalized spacial score (nSPS) is 20.7. The molecule has 0 saturated carbocycles. The smallest absolute Gasteiger partial charge is 0.0443 e. The van der Waals surface area contributed by atoms with Crippen LogP contribution in [0.25, 0.3) is 0 Å². The summed E-state index contributed by atoms with van der Waals surface area (Å²) < 4.78 is 0. The highest BCUT2D eigenvalue weighted by molar-refractivity contribution is 6.31. The molecule has 0 bridgehead atoms. The highest BCUT2D eigenvalue weighted by atomic mass is 35.5. The molecular weight excluding hydrogens is 278 g/mol. The second kappa shape index (κ2) is 5.47. The number of halogens is 1. The maximum Gasteiger partial charge on any atom is 0.0443 e. The maximum absolute atomic E-state index is 6.59. The molecule has 0 spiro atoms. The van der Waals surface area contributed by atoms with Crippen LogP contribution in [0.1, 0.15) is 40.2 Å². The van der Waals surface area contributed by atoms with Gasteiger partial charge in [-0.05, 0) is 72.7 Å². The molecule has 2 heteroatoms. The van der Waals surface area contributed by atoms with Gasteiger partial charge in [0.2, 0.25) is 0 Å². The summed E-state index contributed by atoms with van der Waals surface area (Å²) in [5.41, 5.74) is 7.44. The molecule has 0 saturated heterocycles. The lowest BCUT2D eigenvalue weighted by molar-refractivity contribution is 0.708. The summed E-state index contributed by atoms with van der Waals surface area (Å²) in [6.07, 6.45) is 4.55. The van der Waals surface area contributed by atoms with E-state index in [0.717, 1.165) is 37.4 Å². The van der Waals surface area contributed by atoms with Crippen LogP contribution >= 0.6 is 11.6 Å². The molecule has 4 rings (SSSR count). The van der Waals surface area contributed by atoms with E-state index < -0.39 is 0 Å². The second-order valence-corrected chi connectivity index (χ2v) is 6.55. The lowest BCUT2D eigenvalue weighted by Crippen LogP contribution is -2.16. The Kier molecular flexibility index (Phi) is 3.48. The van der Waals surface area contributed by atoms with Gasteiger partial charge in [-0.1, -0.05) is 41.9 Å². The number of rotatable bonds is 1. The van der Waals surface area contributed by atoms with Gasteiger partial charge in [0, 0.05) is 10.9 Å². The SMILES string of the molecule is Clc1cc2c(c3c1CCC3c1ccccc1)CCNCC2. The van der Waals surface area contributed by atoms with Crippen molar-refractivity contribution in [3.63, 3.8) is 0 Å². The molecule has 0 fully saturated rings. The largest absolute Gasteiger partial charge is 0.316 e. The van der Waals surface area contributed by atoms with E-state index in [2.05, 4.69) is 41.7 Å². The summed E-state index contributed by atoms with van der Waals surface area (Å²) in [6.45, 7) is 2.15. The quantitative estimate of drug-likeness (QED) is 0.835. The summed E-state index contributed by atoms with van der Waals surface area (Å²) in [7, 11) is 0. The minimum Gasteiger partial charge on any atom is -0.316 e. The predicted octanol–water partition coefficient (Wildman–Crippen LogP) is 4.11. The van der Waals surface area contributed by atoms with Crippen LogP contribution in [0.5, 0.6) is 0 Å². The standard InChI is InChI=1S/C19H20ClN/c20-18-12-14-8-10-21-11-9-16(14)19-15(6-7-17(18)19)13-4-2-1-3-5-13/h1-5,12,15,21H,6-11H2. The van der Waals surface area contributed by atoms with Crippen LogP contribution in [0, 0.1) is 0 Å². The topological polar surface area (TPSA) is 12.0 Å². The molecule has 1 aliphatic carbocycles. The number of hydrogen-bond donors (Lipinski definition) is 1. The summed E-state index contributed by atoms with van der Waals surface area (Å²) in [5, 5.41) is 4.51. The van der Waals surface area contributed by atoms with E-state index >= 15 is 0 Å². The summed E-state index contributed by atoms with van der Waals surface area (Å²) in [6, 6.07) is 13.2. The molecule has 2 aromatic rings. The van der Waals surface area contributed by atoms with Crippen molar-refractivity contribution in [2.75, 3.05) is 13.1 Å². The minimum absolute atomic E-state index is 0.534. The highest BCUT2D eigenvalue weighted by Gasteiger charge is 2.30. The fraction of sp³-hybridized carbons (Fsp3) is 0.368. The molecule has 1 aliphatic heterocycles. The molecule has 1 nitrogen and oxygen atoms in total. The molecule has 0 amide bonds. The number of benzene rings is 2. The van der Waals surface area contributed by atoms with Gasteiger partial charge in [0.05, 0.1) is 0 Å². The van der Waals surface area contributed by atoms with Crippen LogP contribution < -0.4 is 5.32 Å². The second-order valence-electron chi connectivity index (χ2n) is 6.14. The summed E-state index contributed by atoms with van der Waals surface area (Å²) >= 11 is 6.59. The Balaban J connectivity index is 1.88. The number of nitrogens with one attached hydrogen (secondary N) is 1. The van der Waals surface area contributed by atoms with Gasteiger partial charge in [-0.3, -0.25) is 0 Å². The Morgan fingerprint density at radius 3 is 2.62 bits per heavy atom. The van der Waals surface area contributed by atoms with Gasteiger partial charge in [0.15, 0.2) is 0 Å². The van der Waals surface area contributed by atoms with Gasteiger partial charge in [-0.2, -0.15) is 0 Å². The van der Waals surface area contributed by atoms with Crippen LogP contribution in [0.4, 0.5) is 0 Å². The van der Waals surface area contributed by atoms with Crippen molar-refractivity contribution < 1.29 is 0 Å². The fourth-order valence-corrected chi connectivity index (χ4v) is 4.35. The predicted molar refractivity (Wildman–Crippen MR) is 88.3 cm³/mol. The Morgan fingerprint density at radius 1 is 0.952 bits per heavy atom. The first-order valence-corrected chi connectivity index (χ1v) is 8.31. The molecule has 2 aliphatic rings. The molecule has 108 valence electrons. The van der Waals surface area contributed by atoms with Crippen LogP contribution in [0.3, 0.4) is 0 Å². The molecule has 21 heavy (non-hydrogen) atoms. The Bertz CT molecular complexity index is 663. The molecule has 2 aromatic carbocycles. The van der Waals surface area contributed by atoms with E-state index in [-0.39, 0.29) is 0 Å². The first-order valence-electron chi connectivity index (χ1n) is 7.93. The van der Waals surface area contributed by atoms with Crippen molar-refractivity contribution in [3.05, 3.63) is 69.2 Å². The van der Waals surface area contributed by atoms with Crippen molar-refractivity contribution in [2.45, 2.75) is 31.6 Å². The zero-order valence-corrected chi connectivity index (χ0v) is 12.9. The summed E-state index contributed by atoms with van der Waals surface area (Å²) in [4.78, 5) is 0. The minimum atomic E-state index is 0.534. The lowest BCUT2D eigenvalue weighted by Gasteiger charge is -2.19. The molecular formula is C19H20ClN. The van der Waals surface area contributed by atoms with Gasteiger partial charge in [0.1, 0.15) is 0 Å². The van der Waals surface area contributed by atoms with E-state index in [4.69, 9.17) is 11.6 Å². The number of fused-ring (bicyclic) bond motifs is 3. The molecule has 1 N–H and O–H groups in total. The van der Waals surface area contributed by atoms with Crippen LogP contribution in [0.2, 0.25) is 5.02 Å². The molecule has 0 radical (unpaired) electrons. The lowest BCUT2D eigenvalue weighted by atomic mass is 9.86. The third kappa shape index (κ3) is 2.29. The Morgan fingerprint density at radius 2 is 1.76 bits per heavy atom. The van der Waals surface area contributed by atoms with Crippen LogP contribution in [-0.4, -0.2) is 13.1 Å². The van der Waals surface area contributed by atoms with Gasteiger partial charge in [-0.15, -0.1) is 0 Å². The van der Waals surface area contributed by atoms with E-state index in [0.29, 0.717) is 5.92 Å². The molecule has 1 atom stereocenters. The monoisotopic (exact) mass is 297 g/mol. The van der Waals surface area contributed by atoms with Gasteiger partial charge >= 0.3 is 0 Å². The Hall–Kier alpha value is -1.31. The van der Waals surface area contributed by atoms with Crippen molar-refractivity contribution in [1.82, 2.24) is 5.32 Å². The molecule has 0 aromatic heterocycles. The highest BCUT2D eigenvalue weighted by Crippen LogP contribution is 2.44. The number of hydrogen-bond acceptors (Lipinski definition) is 1. The van der Waals surface area contributed by atoms with Gasteiger partial charge < -0.3 is 5.32 Å². The van der Waals surface area contributed by atoms with E-state index in [1.165, 1.54) is 23.1 Å². The average Bonchev–Trinajstić information content (AvgIpc) is 2.83. The van der Waals surface area contributed by atoms with Crippen molar-refractivity contribution in [1.29, 1.82) is 0 Å². The average molecular weight is 298 g/mol. The first kappa shape index (κ1) is 13.4. The molecule has 1 unspecified atom stereocenters. The van der Waals surface area contributed by atoms with Crippen molar-refractivity contribution >= 4 is 11.6 Å². The van der Waals surface area contributed by atoms with E-state index in [9.17, 15) is 0 Å². The fourth-order valence-electron chi connectivity index (χ4n) is 4.02.